The molecule has 0 aromatic rings. The first-order valence-electron chi connectivity index (χ1n) is 3.88. The van der Waals surface area contributed by atoms with Crippen LogP contribution in [0.3, 0.4) is 0 Å². The molecule has 5 nitrogen and oxygen atoms in total. The van der Waals surface area contributed by atoms with Gasteiger partial charge in [-0.3, -0.25) is 5.26 Å². The van der Waals surface area contributed by atoms with E-state index in [-0.39, 0.29) is 12.2 Å². The summed E-state index contributed by atoms with van der Waals surface area (Å²) in [5, 5.41) is 17.4. The maximum Gasteiger partial charge on any atom is 0.336 e. The molecule has 0 spiro atoms. The van der Waals surface area contributed by atoms with Gasteiger partial charge in [-0.25, -0.2) is 9.68 Å². The average Bonchev–Trinajstić information content (AvgIpc) is 2.05. The SMILES string of the molecule is C=C(C(=O)OCC)[C@H](OO)[C@H](C)O. The molecule has 0 aliphatic carbocycles. The van der Waals surface area contributed by atoms with Crippen LogP contribution in [-0.4, -0.2) is 35.1 Å². The quantitative estimate of drug-likeness (QED) is 0.283. The number of carbonyl (C=O) groups is 1. The van der Waals surface area contributed by atoms with Crippen molar-refractivity contribution >= 4 is 5.97 Å². The minimum absolute atomic E-state index is 0.112. The number of rotatable bonds is 5. The van der Waals surface area contributed by atoms with Gasteiger partial charge in [-0.05, 0) is 13.8 Å². The summed E-state index contributed by atoms with van der Waals surface area (Å²) in [4.78, 5) is 14.9. The third kappa shape index (κ3) is 3.54. The highest BCUT2D eigenvalue weighted by atomic mass is 17.1. The van der Waals surface area contributed by atoms with E-state index in [1.807, 2.05) is 0 Å². The Morgan fingerprint density at radius 3 is 2.46 bits per heavy atom. The second kappa shape index (κ2) is 5.69. The van der Waals surface area contributed by atoms with E-state index < -0.39 is 18.2 Å². The molecule has 0 fully saturated rings. The van der Waals surface area contributed by atoms with Gasteiger partial charge in [-0.2, -0.15) is 0 Å². The molecule has 2 atom stereocenters. The molecular weight excluding hydrogens is 176 g/mol. The predicted octanol–water partition coefficient (Wildman–Crippen LogP) is 0.345. The minimum atomic E-state index is -1.14. The smallest absolute Gasteiger partial charge is 0.336 e. The van der Waals surface area contributed by atoms with Crippen LogP contribution in [0.1, 0.15) is 13.8 Å². The van der Waals surface area contributed by atoms with Gasteiger partial charge in [0.25, 0.3) is 0 Å². The molecule has 0 unspecified atom stereocenters. The third-order valence-electron chi connectivity index (χ3n) is 1.43. The number of carbonyl (C=O) groups excluding carboxylic acids is 1. The van der Waals surface area contributed by atoms with E-state index in [1.54, 1.807) is 6.92 Å². The minimum Gasteiger partial charge on any atom is -0.463 e. The molecule has 76 valence electrons. The Kier molecular flexibility index (Phi) is 5.29. The molecule has 0 heterocycles. The highest BCUT2D eigenvalue weighted by Gasteiger charge is 2.25. The number of hydrogen-bond acceptors (Lipinski definition) is 5. The summed E-state index contributed by atoms with van der Waals surface area (Å²) in [7, 11) is 0. The summed E-state index contributed by atoms with van der Waals surface area (Å²) in [6.45, 7) is 6.56. The van der Waals surface area contributed by atoms with Gasteiger partial charge in [0.1, 0.15) is 6.10 Å². The predicted molar refractivity (Wildman–Crippen MR) is 45.0 cm³/mol. The van der Waals surface area contributed by atoms with Gasteiger partial charge in [-0.15, -0.1) is 0 Å². The molecule has 0 rings (SSSR count). The molecule has 0 saturated carbocycles. The maximum absolute atomic E-state index is 11.0. The van der Waals surface area contributed by atoms with Crippen molar-refractivity contribution in [1.29, 1.82) is 0 Å². The Bertz CT molecular complexity index is 187. The lowest BCUT2D eigenvalue weighted by molar-refractivity contribution is -0.284. The molecule has 0 aromatic heterocycles. The van der Waals surface area contributed by atoms with Gasteiger partial charge >= 0.3 is 5.97 Å². The highest BCUT2D eigenvalue weighted by molar-refractivity contribution is 5.88. The topological polar surface area (TPSA) is 76.0 Å². The van der Waals surface area contributed by atoms with E-state index in [0.29, 0.717) is 0 Å². The molecule has 0 radical (unpaired) electrons. The lowest BCUT2D eigenvalue weighted by atomic mass is 10.1. The van der Waals surface area contributed by atoms with Crippen LogP contribution in [0.2, 0.25) is 0 Å². The first kappa shape index (κ1) is 12.1. The largest absolute Gasteiger partial charge is 0.463 e. The number of ether oxygens (including phenoxy) is 1. The van der Waals surface area contributed by atoms with Crippen LogP contribution < -0.4 is 0 Å². The summed E-state index contributed by atoms with van der Waals surface area (Å²) in [5.74, 6) is -0.692. The highest BCUT2D eigenvalue weighted by Crippen LogP contribution is 2.10. The lowest BCUT2D eigenvalue weighted by Gasteiger charge is -2.17. The van der Waals surface area contributed by atoms with Crippen molar-refractivity contribution in [2.75, 3.05) is 6.61 Å². The molecule has 13 heavy (non-hydrogen) atoms. The van der Waals surface area contributed by atoms with Crippen molar-refractivity contribution in [3.05, 3.63) is 12.2 Å². The summed E-state index contributed by atoms with van der Waals surface area (Å²) < 4.78 is 4.60. The van der Waals surface area contributed by atoms with Crippen LogP contribution in [0.25, 0.3) is 0 Å². The summed E-state index contributed by atoms with van der Waals surface area (Å²) in [5.41, 5.74) is -0.112. The molecule has 0 aliphatic rings. The molecule has 2 N–H and O–H groups in total. The van der Waals surface area contributed by atoms with Gasteiger partial charge in [0.05, 0.1) is 18.3 Å². The van der Waals surface area contributed by atoms with Crippen LogP contribution in [0.4, 0.5) is 0 Å². The summed E-state index contributed by atoms with van der Waals surface area (Å²) in [6.07, 6.45) is -2.17. The zero-order chi connectivity index (χ0) is 10.4. The van der Waals surface area contributed by atoms with Crippen LogP contribution in [0.5, 0.6) is 0 Å². The molecule has 5 heteroatoms. The fraction of sp³-hybridized carbons (Fsp3) is 0.625. The maximum atomic E-state index is 11.0. The summed E-state index contributed by atoms with van der Waals surface area (Å²) >= 11 is 0. The lowest BCUT2D eigenvalue weighted by Crippen LogP contribution is -2.31. The van der Waals surface area contributed by atoms with E-state index in [2.05, 4.69) is 16.2 Å². The first-order chi connectivity index (χ1) is 6.04. The number of hydrogen-bond donors (Lipinski definition) is 2. The number of aliphatic hydroxyl groups excluding tert-OH is 1. The zero-order valence-corrected chi connectivity index (χ0v) is 7.69. The Morgan fingerprint density at radius 2 is 2.15 bits per heavy atom. The van der Waals surface area contributed by atoms with Crippen molar-refractivity contribution in [2.45, 2.75) is 26.1 Å². The van der Waals surface area contributed by atoms with Gasteiger partial charge < -0.3 is 9.84 Å². The van der Waals surface area contributed by atoms with Crippen LogP contribution in [-0.2, 0) is 14.4 Å². The second-order valence-electron chi connectivity index (χ2n) is 2.51. The number of esters is 1. The second-order valence-corrected chi connectivity index (χ2v) is 2.51. The fourth-order valence-electron chi connectivity index (χ4n) is 0.783. The fourth-order valence-corrected chi connectivity index (χ4v) is 0.783. The Balaban J connectivity index is 4.28. The normalized spacial score (nSPS) is 14.8. The molecule has 0 amide bonds. The van der Waals surface area contributed by atoms with Crippen molar-refractivity contribution in [1.82, 2.24) is 0 Å². The zero-order valence-electron chi connectivity index (χ0n) is 7.69. The Morgan fingerprint density at radius 1 is 1.62 bits per heavy atom. The van der Waals surface area contributed by atoms with Crippen LogP contribution in [0.15, 0.2) is 12.2 Å². The van der Waals surface area contributed by atoms with Gasteiger partial charge in [0.2, 0.25) is 0 Å². The molecule has 0 bridgehead atoms. The van der Waals surface area contributed by atoms with Crippen molar-refractivity contribution in [3.63, 3.8) is 0 Å². The van der Waals surface area contributed by atoms with E-state index >= 15 is 0 Å². The molecule has 0 saturated heterocycles. The first-order valence-corrected chi connectivity index (χ1v) is 3.88. The van der Waals surface area contributed by atoms with E-state index in [1.165, 1.54) is 6.92 Å². The van der Waals surface area contributed by atoms with Gasteiger partial charge in [0, 0.05) is 0 Å². The molecule has 0 aliphatic heterocycles. The third-order valence-corrected chi connectivity index (χ3v) is 1.43. The van der Waals surface area contributed by atoms with E-state index in [0.717, 1.165) is 0 Å². The number of aliphatic hydroxyl groups is 1. The van der Waals surface area contributed by atoms with Crippen LogP contribution >= 0.6 is 0 Å². The summed E-state index contributed by atoms with van der Waals surface area (Å²) in [6, 6.07) is 0. The Labute approximate surface area is 76.5 Å². The van der Waals surface area contributed by atoms with Crippen molar-refractivity contribution in [3.8, 4) is 0 Å². The molecule has 0 aromatic carbocycles. The monoisotopic (exact) mass is 190 g/mol. The van der Waals surface area contributed by atoms with Gasteiger partial charge in [-0.1, -0.05) is 6.58 Å². The van der Waals surface area contributed by atoms with E-state index in [4.69, 9.17) is 10.4 Å². The van der Waals surface area contributed by atoms with Crippen molar-refractivity contribution < 1.29 is 24.8 Å². The van der Waals surface area contributed by atoms with Gasteiger partial charge in [0.15, 0.2) is 0 Å². The van der Waals surface area contributed by atoms with E-state index in [9.17, 15) is 4.79 Å². The molecular formula is C8H14O5. The van der Waals surface area contributed by atoms with Crippen LogP contribution in [0, 0.1) is 0 Å². The average molecular weight is 190 g/mol. The van der Waals surface area contributed by atoms with Crippen molar-refractivity contribution in [2.24, 2.45) is 0 Å². The standard InChI is InChI=1S/C8H14O5/c1-4-12-8(10)5(2)7(13-11)6(3)9/h6-7,9,11H,2,4H2,1,3H3/t6-,7-/m0/s1. The Hall–Kier alpha value is -0.910.